The van der Waals surface area contributed by atoms with E-state index in [1.165, 1.54) is 0 Å². The van der Waals surface area contributed by atoms with Crippen molar-refractivity contribution in [3.8, 4) is 0 Å². The highest BCUT2D eigenvalue weighted by Crippen LogP contribution is 2.23. The van der Waals surface area contributed by atoms with Crippen molar-refractivity contribution in [2.75, 3.05) is 5.88 Å². The van der Waals surface area contributed by atoms with Gasteiger partial charge in [-0.05, 0) is 24.1 Å². The van der Waals surface area contributed by atoms with Gasteiger partial charge in [0.1, 0.15) is 0 Å². The summed E-state index contributed by atoms with van der Waals surface area (Å²) in [5.74, 6) is 0.486. The van der Waals surface area contributed by atoms with Gasteiger partial charge in [-0.25, -0.2) is 0 Å². The Bertz CT molecular complexity index is 531. The van der Waals surface area contributed by atoms with Crippen molar-refractivity contribution in [3.63, 3.8) is 0 Å². The molecule has 2 nitrogen and oxygen atoms in total. The molecular formula is C15H16Cl2N2. The maximum absolute atomic E-state index is 6.14. The third-order valence-corrected chi connectivity index (χ3v) is 4.08. The third kappa shape index (κ3) is 3.47. The van der Waals surface area contributed by atoms with Gasteiger partial charge in [0.25, 0.3) is 0 Å². The van der Waals surface area contributed by atoms with Crippen LogP contribution in [-0.2, 0) is 12.1 Å². The number of rotatable bonds is 5. The van der Waals surface area contributed by atoms with E-state index in [1.807, 2.05) is 24.3 Å². The number of halogens is 2. The Labute approximate surface area is 123 Å². The molecule has 100 valence electrons. The molecule has 0 aliphatic carbocycles. The van der Waals surface area contributed by atoms with Crippen LogP contribution in [0.2, 0.25) is 5.02 Å². The van der Waals surface area contributed by atoms with Crippen molar-refractivity contribution in [1.82, 2.24) is 10.3 Å². The van der Waals surface area contributed by atoms with E-state index in [0.717, 1.165) is 11.1 Å². The van der Waals surface area contributed by atoms with Gasteiger partial charge < -0.3 is 5.32 Å². The van der Waals surface area contributed by atoms with E-state index in [0.29, 0.717) is 17.4 Å². The summed E-state index contributed by atoms with van der Waals surface area (Å²) in [6, 6.07) is 12.1. The lowest BCUT2D eigenvalue weighted by Gasteiger charge is -2.29. The van der Waals surface area contributed by atoms with Gasteiger partial charge >= 0.3 is 0 Å². The van der Waals surface area contributed by atoms with Crippen LogP contribution in [0.4, 0.5) is 0 Å². The van der Waals surface area contributed by atoms with Crippen molar-refractivity contribution in [2.24, 2.45) is 0 Å². The van der Waals surface area contributed by atoms with E-state index in [2.05, 4.69) is 29.4 Å². The molecule has 4 heteroatoms. The monoisotopic (exact) mass is 294 g/mol. The van der Waals surface area contributed by atoms with Crippen LogP contribution in [0.25, 0.3) is 0 Å². The number of nitrogens with one attached hydrogen (secondary N) is 1. The number of hydrogen-bond acceptors (Lipinski definition) is 2. The molecule has 0 saturated carbocycles. The lowest BCUT2D eigenvalue weighted by atomic mass is 9.94. The lowest BCUT2D eigenvalue weighted by molar-refractivity contribution is 0.407. The summed E-state index contributed by atoms with van der Waals surface area (Å²) in [6.07, 6.45) is 3.39. The van der Waals surface area contributed by atoms with E-state index >= 15 is 0 Å². The van der Waals surface area contributed by atoms with Crippen LogP contribution in [0.5, 0.6) is 0 Å². The van der Waals surface area contributed by atoms with E-state index in [4.69, 9.17) is 23.2 Å². The van der Waals surface area contributed by atoms with Gasteiger partial charge in [0.2, 0.25) is 0 Å². The van der Waals surface area contributed by atoms with Crippen LogP contribution in [0.15, 0.2) is 48.8 Å². The van der Waals surface area contributed by atoms with Crippen molar-refractivity contribution in [2.45, 2.75) is 19.0 Å². The lowest BCUT2D eigenvalue weighted by Crippen LogP contribution is -2.40. The van der Waals surface area contributed by atoms with Gasteiger partial charge in [0.15, 0.2) is 0 Å². The Morgan fingerprint density at radius 1 is 1.21 bits per heavy atom. The minimum atomic E-state index is -0.282. The van der Waals surface area contributed by atoms with Crippen molar-refractivity contribution in [3.05, 3.63) is 64.9 Å². The van der Waals surface area contributed by atoms with Gasteiger partial charge in [-0.2, -0.15) is 0 Å². The van der Waals surface area contributed by atoms with E-state index < -0.39 is 0 Å². The van der Waals surface area contributed by atoms with Gasteiger partial charge in [-0.3, -0.25) is 4.98 Å². The number of alkyl halides is 1. The molecule has 1 aromatic heterocycles. The molecule has 0 spiro atoms. The molecule has 2 aromatic rings. The molecule has 0 aliphatic rings. The number of aromatic nitrogens is 1. The van der Waals surface area contributed by atoms with Gasteiger partial charge in [0.05, 0.1) is 10.6 Å². The molecular weight excluding hydrogens is 279 g/mol. The molecule has 1 aromatic carbocycles. The largest absolute Gasteiger partial charge is 0.302 e. The molecule has 19 heavy (non-hydrogen) atoms. The topological polar surface area (TPSA) is 24.9 Å². The zero-order valence-corrected chi connectivity index (χ0v) is 12.2. The first-order valence-corrected chi connectivity index (χ1v) is 7.02. The van der Waals surface area contributed by atoms with Crippen molar-refractivity contribution in [1.29, 1.82) is 0 Å². The van der Waals surface area contributed by atoms with E-state index in [-0.39, 0.29) is 5.54 Å². The number of benzene rings is 1. The molecule has 0 saturated heterocycles. The SMILES string of the molecule is CC(CCl)(NCc1ccncc1Cl)c1ccccc1. The standard InChI is InChI=1S/C15H16Cl2N2/c1-15(11-16,13-5-3-2-4-6-13)19-9-12-7-8-18-10-14(12)17/h2-8,10,19H,9,11H2,1H3. The van der Waals surface area contributed by atoms with Gasteiger partial charge in [-0.15, -0.1) is 11.6 Å². The fourth-order valence-electron chi connectivity index (χ4n) is 1.87. The van der Waals surface area contributed by atoms with Gasteiger partial charge in [-0.1, -0.05) is 41.9 Å². The van der Waals surface area contributed by atoms with Gasteiger partial charge in [0, 0.05) is 24.8 Å². The highest BCUT2D eigenvalue weighted by molar-refractivity contribution is 6.31. The Kier molecular flexibility index (Phi) is 4.81. The molecule has 1 unspecified atom stereocenters. The minimum Gasteiger partial charge on any atom is -0.302 e. The maximum atomic E-state index is 6.14. The molecule has 0 bridgehead atoms. The summed E-state index contributed by atoms with van der Waals surface area (Å²) in [6.45, 7) is 2.74. The summed E-state index contributed by atoms with van der Waals surface area (Å²) in [7, 11) is 0. The molecule has 1 N–H and O–H groups in total. The highest BCUT2D eigenvalue weighted by Gasteiger charge is 2.24. The molecule has 2 rings (SSSR count). The first kappa shape index (κ1) is 14.3. The van der Waals surface area contributed by atoms with Crippen LogP contribution in [0.3, 0.4) is 0 Å². The van der Waals surface area contributed by atoms with Crippen LogP contribution >= 0.6 is 23.2 Å². The Balaban J connectivity index is 2.14. The predicted molar refractivity (Wildman–Crippen MR) is 80.6 cm³/mol. The average molecular weight is 295 g/mol. The fraction of sp³-hybridized carbons (Fsp3) is 0.267. The summed E-state index contributed by atoms with van der Waals surface area (Å²) in [4.78, 5) is 3.98. The quantitative estimate of drug-likeness (QED) is 0.844. The second kappa shape index (κ2) is 6.38. The Morgan fingerprint density at radius 3 is 2.58 bits per heavy atom. The van der Waals surface area contributed by atoms with Crippen LogP contribution in [0.1, 0.15) is 18.1 Å². The summed E-state index contributed by atoms with van der Waals surface area (Å²) in [5.41, 5.74) is 1.90. The Morgan fingerprint density at radius 2 is 1.95 bits per heavy atom. The molecule has 1 atom stereocenters. The number of pyridine rings is 1. The second-order valence-corrected chi connectivity index (χ2v) is 5.33. The van der Waals surface area contributed by atoms with Crippen LogP contribution in [0, 0.1) is 0 Å². The molecule has 0 aliphatic heterocycles. The second-order valence-electron chi connectivity index (χ2n) is 4.65. The zero-order chi connectivity index (χ0) is 13.7. The summed E-state index contributed by atoms with van der Waals surface area (Å²) < 4.78 is 0. The predicted octanol–water partition coefficient (Wildman–Crippen LogP) is 3.98. The molecule has 0 fully saturated rings. The van der Waals surface area contributed by atoms with Crippen LogP contribution in [-0.4, -0.2) is 10.9 Å². The van der Waals surface area contributed by atoms with Crippen molar-refractivity contribution < 1.29 is 0 Å². The first-order valence-electron chi connectivity index (χ1n) is 6.10. The molecule has 1 heterocycles. The van der Waals surface area contributed by atoms with E-state index in [1.54, 1.807) is 12.4 Å². The maximum Gasteiger partial charge on any atom is 0.0634 e. The highest BCUT2D eigenvalue weighted by atomic mass is 35.5. The van der Waals surface area contributed by atoms with Crippen molar-refractivity contribution >= 4 is 23.2 Å². The Hall–Kier alpha value is -1.09. The number of nitrogens with zero attached hydrogens (tertiary/aromatic N) is 1. The number of hydrogen-bond donors (Lipinski definition) is 1. The zero-order valence-electron chi connectivity index (χ0n) is 10.7. The fourth-order valence-corrected chi connectivity index (χ4v) is 2.31. The van der Waals surface area contributed by atoms with Crippen LogP contribution < -0.4 is 5.32 Å². The average Bonchev–Trinajstić information content (AvgIpc) is 2.47. The smallest absolute Gasteiger partial charge is 0.0634 e. The summed E-state index contributed by atoms with van der Waals surface area (Å²) in [5, 5.41) is 4.14. The third-order valence-electron chi connectivity index (χ3n) is 3.20. The molecule has 0 amide bonds. The minimum absolute atomic E-state index is 0.282. The van der Waals surface area contributed by atoms with E-state index in [9.17, 15) is 0 Å². The molecule has 0 radical (unpaired) electrons. The normalized spacial score (nSPS) is 14.1. The first-order chi connectivity index (χ1) is 9.15. The summed E-state index contributed by atoms with van der Waals surface area (Å²) >= 11 is 12.2.